The number of anilines is 1. The molecule has 3 atom stereocenters. The normalized spacial score (nSPS) is 21.2. The Morgan fingerprint density at radius 1 is 1.48 bits per heavy atom. The Bertz CT molecular complexity index is 696. The molecule has 0 amide bonds. The number of rotatable bonds is 7. The third kappa shape index (κ3) is 3.92. The lowest BCUT2D eigenvalue weighted by Gasteiger charge is -2.20. The van der Waals surface area contributed by atoms with Crippen LogP contribution in [0.1, 0.15) is 18.0 Å². The highest BCUT2D eigenvalue weighted by atomic mass is 32.2. The van der Waals surface area contributed by atoms with E-state index in [0.717, 1.165) is 18.7 Å². The van der Waals surface area contributed by atoms with E-state index in [1.807, 2.05) is 16.5 Å². The highest BCUT2D eigenvalue weighted by Gasteiger charge is 2.39. The SMILES string of the molecule is CN(CC1CC1n1cnnc1)c1ccc(CNS(=O)[O-])c(F)c1. The average Bonchev–Trinajstić information content (AvgIpc) is 3.06. The van der Waals surface area contributed by atoms with E-state index in [9.17, 15) is 13.2 Å². The smallest absolute Gasteiger partial charge is 0.129 e. The Labute approximate surface area is 135 Å². The molecule has 7 nitrogen and oxygen atoms in total. The average molecular weight is 338 g/mol. The van der Waals surface area contributed by atoms with Crippen molar-refractivity contribution in [1.29, 1.82) is 0 Å². The second kappa shape index (κ2) is 6.73. The lowest BCUT2D eigenvalue weighted by molar-refractivity contribution is 0.520. The molecular formula is C14H17FN5O2S-. The van der Waals surface area contributed by atoms with E-state index in [4.69, 9.17) is 0 Å². The summed E-state index contributed by atoms with van der Waals surface area (Å²) in [6.07, 6.45) is 4.49. The molecule has 1 N–H and O–H groups in total. The number of halogens is 1. The molecule has 3 rings (SSSR count). The number of aromatic nitrogens is 3. The van der Waals surface area contributed by atoms with Gasteiger partial charge in [0.1, 0.15) is 18.5 Å². The third-order valence-corrected chi connectivity index (χ3v) is 4.45. The van der Waals surface area contributed by atoms with Gasteiger partial charge in [0.25, 0.3) is 0 Å². The van der Waals surface area contributed by atoms with Gasteiger partial charge < -0.3 is 14.0 Å². The molecule has 1 aromatic heterocycles. The fourth-order valence-electron chi connectivity index (χ4n) is 2.68. The molecule has 9 heteroatoms. The molecule has 1 aliphatic rings. The van der Waals surface area contributed by atoms with Gasteiger partial charge in [0, 0.05) is 48.7 Å². The van der Waals surface area contributed by atoms with Gasteiger partial charge in [-0.15, -0.1) is 10.2 Å². The monoisotopic (exact) mass is 338 g/mol. The number of benzene rings is 1. The quantitative estimate of drug-likeness (QED) is 0.761. The van der Waals surface area contributed by atoms with Crippen LogP contribution in [0.15, 0.2) is 30.9 Å². The maximum atomic E-state index is 14.0. The minimum absolute atomic E-state index is 0.0513. The van der Waals surface area contributed by atoms with Gasteiger partial charge in [0.15, 0.2) is 0 Å². The fourth-order valence-corrected chi connectivity index (χ4v) is 2.96. The van der Waals surface area contributed by atoms with Gasteiger partial charge in [-0.1, -0.05) is 6.07 Å². The Hall–Kier alpha value is -1.84. The van der Waals surface area contributed by atoms with E-state index in [2.05, 4.69) is 14.9 Å². The summed E-state index contributed by atoms with van der Waals surface area (Å²) in [5.41, 5.74) is 1.09. The molecule has 1 heterocycles. The van der Waals surface area contributed by atoms with Crippen LogP contribution in [0.25, 0.3) is 0 Å². The van der Waals surface area contributed by atoms with Crippen LogP contribution in [0.5, 0.6) is 0 Å². The molecule has 1 saturated carbocycles. The van der Waals surface area contributed by atoms with Crippen LogP contribution >= 0.6 is 0 Å². The van der Waals surface area contributed by atoms with Gasteiger partial charge >= 0.3 is 0 Å². The van der Waals surface area contributed by atoms with E-state index < -0.39 is 17.1 Å². The van der Waals surface area contributed by atoms with Crippen LogP contribution in [0, 0.1) is 11.7 Å². The molecule has 0 aliphatic heterocycles. The van der Waals surface area contributed by atoms with Crippen molar-refractivity contribution < 1.29 is 13.2 Å². The Balaban J connectivity index is 1.58. The molecule has 1 aromatic carbocycles. The van der Waals surface area contributed by atoms with Crippen LogP contribution in [-0.4, -0.2) is 37.1 Å². The van der Waals surface area contributed by atoms with Gasteiger partial charge in [-0.3, -0.25) is 4.21 Å². The number of hydrogen-bond donors (Lipinski definition) is 1. The first-order chi connectivity index (χ1) is 11.0. The van der Waals surface area contributed by atoms with E-state index in [0.29, 0.717) is 17.5 Å². The molecular weight excluding hydrogens is 321 g/mol. The van der Waals surface area contributed by atoms with E-state index in [-0.39, 0.29) is 6.54 Å². The van der Waals surface area contributed by atoms with Crippen LogP contribution in [0.2, 0.25) is 0 Å². The van der Waals surface area contributed by atoms with Gasteiger partial charge in [0.2, 0.25) is 0 Å². The zero-order chi connectivity index (χ0) is 16.4. The van der Waals surface area contributed by atoms with Crippen LogP contribution in [-0.2, 0) is 17.8 Å². The minimum Gasteiger partial charge on any atom is -0.760 e. The topological polar surface area (TPSA) is 86.1 Å². The zero-order valence-electron chi connectivity index (χ0n) is 12.6. The Morgan fingerprint density at radius 2 is 2.22 bits per heavy atom. The van der Waals surface area contributed by atoms with Crippen molar-refractivity contribution in [2.45, 2.75) is 19.0 Å². The first-order valence-corrected chi connectivity index (χ1v) is 8.28. The molecule has 0 spiro atoms. The van der Waals surface area contributed by atoms with Crippen molar-refractivity contribution in [2.24, 2.45) is 5.92 Å². The summed E-state index contributed by atoms with van der Waals surface area (Å²) in [5, 5.41) is 7.61. The van der Waals surface area contributed by atoms with E-state index >= 15 is 0 Å². The second-order valence-electron chi connectivity index (χ2n) is 5.68. The zero-order valence-corrected chi connectivity index (χ0v) is 13.4. The van der Waals surface area contributed by atoms with E-state index in [1.165, 1.54) is 6.07 Å². The molecule has 0 radical (unpaired) electrons. The lowest BCUT2D eigenvalue weighted by atomic mass is 10.2. The van der Waals surface area contributed by atoms with Crippen molar-refractivity contribution in [3.05, 3.63) is 42.2 Å². The number of nitrogens with zero attached hydrogens (tertiary/aromatic N) is 4. The van der Waals surface area contributed by atoms with Crippen LogP contribution in [0.3, 0.4) is 0 Å². The van der Waals surface area contributed by atoms with Gasteiger partial charge in [-0.25, -0.2) is 9.11 Å². The molecule has 124 valence electrons. The van der Waals surface area contributed by atoms with Crippen LogP contribution < -0.4 is 9.62 Å². The Kier molecular flexibility index (Phi) is 4.69. The van der Waals surface area contributed by atoms with Crippen molar-refractivity contribution in [3.63, 3.8) is 0 Å². The summed E-state index contributed by atoms with van der Waals surface area (Å²) in [7, 11) is 1.92. The Morgan fingerprint density at radius 3 is 2.87 bits per heavy atom. The predicted octanol–water partition coefficient (Wildman–Crippen LogP) is 0.998. The summed E-state index contributed by atoms with van der Waals surface area (Å²) < 4.78 is 39.1. The largest absolute Gasteiger partial charge is 0.760 e. The maximum Gasteiger partial charge on any atom is 0.129 e. The predicted molar refractivity (Wildman–Crippen MR) is 82.6 cm³/mol. The summed E-state index contributed by atoms with van der Waals surface area (Å²) in [6.45, 7) is 0.759. The lowest BCUT2D eigenvalue weighted by Crippen LogP contribution is -2.21. The van der Waals surface area contributed by atoms with Crippen molar-refractivity contribution in [1.82, 2.24) is 19.5 Å². The van der Waals surface area contributed by atoms with Gasteiger partial charge in [0.05, 0.1) is 0 Å². The fraction of sp³-hybridized carbons (Fsp3) is 0.429. The summed E-state index contributed by atoms with van der Waals surface area (Å²) in [4.78, 5) is 2.00. The molecule has 1 aliphatic carbocycles. The molecule has 1 fully saturated rings. The molecule has 3 unspecified atom stereocenters. The number of hydrogen-bond acceptors (Lipinski definition) is 5. The summed E-state index contributed by atoms with van der Waals surface area (Å²) >= 11 is -2.40. The summed E-state index contributed by atoms with van der Waals surface area (Å²) in [5.74, 6) is 0.0711. The van der Waals surface area contributed by atoms with Gasteiger partial charge in [-0.2, -0.15) is 0 Å². The molecule has 23 heavy (non-hydrogen) atoms. The van der Waals surface area contributed by atoms with Crippen molar-refractivity contribution in [3.8, 4) is 0 Å². The highest BCUT2D eigenvalue weighted by Crippen LogP contribution is 2.43. The van der Waals surface area contributed by atoms with Gasteiger partial charge in [-0.05, 0) is 24.5 Å². The third-order valence-electron chi connectivity index (χ3n) is 4.07. The highest BCUT2D eigenvalue weighted by molar-refractivity contribution is 7.77. The first-order valence-electron chi connectivity index (χ1n) is 7.21. The standard InChI is InChI=1S/C14H18FN5O2S/c1-19(7-11-4-14(11)20-8-16-17-9-20)12-3-2-10(13(15)5-12)6-18-23(21)22/h2-3,5,8-9,11,14,18H,4,6-7H2,1H3,(H,21,22)/p-1. The molecule has 0 bridgehead atoms. The van der Waals surface area contributed by atoms with Crippen LogP contribution in [0.4, 0.5) is 10.1 Å². The minimum atomic E-state index is -2.40. The second-order valence-corrected chi connectivity index (χ2v) is 6.44. The number of nitrogens with one attached hydrogen (secondary N) is 1. The first kappa shape index (κ1) is 16.0. The maximum absolute atomic E-state index is 14.0. The van der Waals surface area contributed by atoms with Crippen molar-refractivity contribution in [2.75, 3.05) is 18.5 Å². The summed E-state index contributed by atoms with van der Waals surface area (Å²) in [6, 6.07) is 5.24. The van der Waals surface area contributed by atoms with E-state index in [1.54, 1.807) is 24.8 Å². The van der Waals surface area contributed by atoms with Crippen molar-refractivity contribution >= 4 is 17.0 Å². The molecule has 2 aromatic rings. The molecule has 0 saturated heterocycles.